The van der Waals surface area contributed by atoms with Gasteiger partial charge in [0.25, 0.3) is 0 Å². The van der Waals surface area contributed by atoms with Crippen molar-refractivity contribution in [1.29, 1.82) is 0 Å². The molecular formula is C62H108O6. The largest absolute Gasteiger partial charge is 0.462 e. The Balaban J connectivity index is 4.44. The maximum atomic E-state index is 12.9. The van der Waals surface area contributed by atoms with Crippen molar-refractivity contribution in [3.8, 4) is 0 Å². The second-order valence-corrected chi connectivity index (χ2v) is 19.3. The highest BCUT2D eigenvalue weighted by molar-refractivity contribution is 5.71. The number of unbranched alkanes of at least 4 members (excludes halogenated alkanes) is 31. The molecule has 1 atom stereocenters. The zero-order valence-corrected chi connectivity index (χ0v) is 44.9. The SMILES string of the molecule is CCCCC/C=C\C=C/CCCCCCCCC(=O)OCC(COC(=O)CCCCCCC/C=C\C=C/CCCCCCCCC)OC(=O)CCCCCCCCC/C=C\C/C=C\CCCCC. The van der Waals surface area contributed by atoms with Crippen LogP contribution in [0.15, 0.2) is 72.9 Å². The number of carbonyl (C=O) groups excluding carboxylic acids is 3. The summed E-state index contributed by atoms with van der Waals surface area (Å²) >= 11 is 0. The van der Waals surface area contributed by atoms with Crippen LogP contribution in [0.25, 0.3) is 0 Å². The molecule has 0 radical (unpaired) electrons. The van der Waals surface area contributed by atoms with Crippen LogP contribution >= 0.6 is 0 Å². The second-order valence-electron chi connectivity index (χ2n) is 19.3. The van der Waals surface area contributed by atoms with E-state index in [-0.39, 0.29) is 31.1 Å². The van der Waals surface area contributed by atoms with Crippen LogP contribution in [0, 0.1) is 0 Å². The number of hydrogen-bond acceptors (Lipinski definition) is 6. The summed E-state index contributed by atoms with van der Waals surface area (Å²) < 4.78 is 16.9. The van der Waals surface area contributed by atoms with Crippen LogP contribution in [0.2, 0.25) is 0 Å². The van der Waals surface area contributed by atoms with Crippen LogP contribution in [-0.4, -0.2) is 37.2 Å². The molecule has 0 rings (SSSR count). The first kappa shape index (κ1) is 64.8. The molecule has 0 saturated carbocycles. The molecule has 0 aromatic rings. The van der Waals surface area contributed by atoms with Gasteiger partial charge in [-0.15, -0.1) is 0 Å². The molecule has 6 nitrogen and oxygen atoms in total. The molecule has 0 amide bonds. The van der Waals surface area contributed by atoms with E-state index in [4.69, 9.17) is 14.2 Å². The lowest BCUT2D eigenvalue weighted by Gasteiger charge is -2.18. The van der Waals surface area contributed by atoms with Crippen LogP contribution < -0.4 is 0 Å². The maximum Gasteiger partial charge on any atom is 0.306 e. The lowest BCUT2D eigenvalue weighted by atomic mass is 10.1. The highest BCUT2D eigenvalue weighted by atomic mass is 16.6. The van der Waals surface area contributed by atoms with Crippen molar-refractivity contribution in [3.05, 3.63) is 72.9 Å². The fourth-order valence-corrected chi connectivity index (χ4v) is 8.04. The first-order chi connectivity index (χ1) is 33.5. The Labute approximate surface area is 421 Å². The summed E-state index contributed by atoms with van der Waals surface area (Å²) in [7, 11) is 0. The molecule has 0 fully saturated rings. The minimum Gasteiger partial charge on any atom is -0.462 e. The molecule has 0 heterocycles. The average Bonchev–Trinajstić information content (AvgIpc) is 3.34. The highest BCUT2D eigenvalue weighted by Gasteiger charge is 2.19. The van der Waals surface area contributed by atoms with Gasteiger partial charge in [0.2, 0.25) is 0 Å². The van der Waals surface area contributed by atoms with Gasteiger partial charge in [0.1, 0.15) is 13.2 Å². The topological polar surface area (TPSA) is 78.9 Å². The Morgan fingerprint density at radius 2 is 0.574 bits per heavy atom. The van der Waals surface area contributed by atoms with Crippen molar-refractivity contribution in [1.82, 2.24) is 0 Å². The Morgan fingerprint density at radius 1 is 0.309 bits per heavy atom. The van der Waals surface area contributed by atoms with Crippen molar-refractivity contribution in [2.24, 2.45) is 0 Å². The van der Waals surface area contributed by atoms with Gasteiger partial charge in [-0.05, 0) is 103 Å². The van der Waals surface area contributed by atoms with Gasteiger partial charge in [0.05, 0.1) is 0 Å². The van der Waals surface area contributed by atoms with Gasteiger partial charge in [0.15, 0.2) is 6.10 Å². The van der Waals surface area contributed by atoms with Crippen LogP contribution in [0.1, 0.15) is 284 Å². The summed E-state index contributed by atoms with van der Waals surface area (Å²) in [6.45, 7) is 6.57. The maximum absolute atomic E-state index is 12.9. The van der Waals surface area contributed by atoms with Gasteiger partial charge in [-0.25, -0.2) is 0 Å². The summed E-state index contributed by atoms with van der Waals surface area (Å²) in [6.07, 6.45) is 71.7. The van der Waals surface area contributed by atoms with Crippen molar-refractivity contribution >= 4 is 17.9 Å². The van der Waals surface area contributed by atoms with Gasteiger partial charge in [-0.2, -0.15) is 0 Å². The standard InChI is InChI=1S/C62H108O6/c1-4-7-10-13-16-19-22-25-28-30-32-34-37-40-43-46-49-52-55-61(64)67-58-59(57-66-60(63)54-51-48-45-42-39-36-33-27-24-21-18-15-12-9-6-3)68-62(65)56-53-50-47-44-41-38-35-31-29-26-23-20-17-14-11-8-5-2/h17-18,20-21,24,26-30,32,34,59H,4-16,19,22-23,25,31,33,35-58H2,1-3H3/b20-17-,21-18-,27-24-,29-26-,30-28-,34-32-. The van der Waals surface area contributed by atoms with Crippen LogP contribution in [0.3, 0.4) is 0 Å². The number of ether oxygens (including phenoxy) is 3. The van der Waals surface area contributed by atoms with E-state index >= 15 is 0 Å². The van der Waals surface area contributed by atoms with E-state index < -0.39 is 6.10 Å². The number of hydrogen-bond donors (Lipinski definition) is 0. The van der Waals surface area contributed by atoms with E-state index in [1.54, 1.807) is 0 Å². The van der Waals surface area contributed by atoms with Crippen LogP contribution in [0.4, 0.5) is 0 Å². The van der Waals surface area contributed by atoms with E-state index in [1.807, 2.05) is 0 Å². The van der Waals surface area contributed by atoms with E-state index in [1.165, 1.54) is 148 Å². The molecule has 6 heteroatoms. The predicted octanol–water partition coefficient (Wildman–Crippen LogP) is 19.4. The second kappa shape index (κ2) is 56.4. The van der Waals surface area contributed by atoms with Gasteiger partial charge >= 0.3 is 17.9 Å². The normalized spacial score (nSPS) is 12.6. The van der Waals surface area contributed by atoms with Crippen LogP contribution in [-0.2, 0) is 28.6 Å². The van der Waals surface area contributed by atoms with Crippen LogP contribution in [0.5, 0.6) is 0 Å². The Kier molecular flexibility index (Phi) is 53.8. The predicted molar refractivity (Wildman–Crippen MR) is 293 cm³/mol. The summed E-state index contributed by atoms with van der Waals surface area (Å²) in [5.41, 5.74) is 0. The molecular weight excluding hydrogens is 841 g/mol. The zero-order valence-electron chi connectivity index (χ0n) is 44.9. The first-order valence-corrected chi connectivity index (χ1v) is 29.0. The monoisotopic (exact) mass is 949 g/mol. The van der Waals surface area contributed by atoms with Crippen molar-refractivity contribution in [3.63, 3.8) is 0 Å². The zero-order chi connectivity index (χ0) is 49.3. The molecule has 68 heavy (non-hydrogen) atoms. The van der Waals surface area contributed by atoms with E-state index in [9.17, 15) is 14.4 Å². The smallest absolute Gasteiger partial charge is 0.306 e. The summed E-state index contributed by atoms with van der Waals surface area (Å²) in [5, 5.41) is 0. The van der Waals surface area contributed by atoms with Gasteiger partial charge in [0, 0.05) is 19.3 Å². The molecule has 0 aliphatic heterocycles. The molecule has 0 aromatic carbocycles. The third-order valence-electron chi connectivity index (χ3n) is 12.5. The van der Waals surface area contributed by atoms with Crippen molar-refractivity contribution < 1.29 is 28.6 Å². The van der Waals surface area contributed by atoms with Gasteiger partial charge < -0.3 is 14.2 Å². The molecule has 0 N–H and O–H groups in total. The van der Waals surface area contributed by atoms with Crippen molar-refractivity contribution in [2.45, 2.75) is 290 Å². The molecule has 0 aliphatic rings. The number of carbonyl (C=O) groups is 3. The fraction of sp³-hybridized carbons (Fsp3) is 0.758. The van der Waals surface area contributed by atoms with E-state index in [2.05, 4.69) is 93.7 Å². The molecule has 0 aromatic heterocycles. The van der Waals surface area contributed by atoms with Gasteiger partial charge in [-0.3, -0.25) is 14.4 Å². The summed E-state index contributed by atoms with van der Waals surface area (Å²) in [4.78, 5) is 38.2. The molecule has 0 aliphatic carbocycles. The molecule has 0 saturated heterocycles. The lowest BCUT2D eigenvalue weighted by molar-refractivity contribution is -0.167. The number of esters is 3. The third-order valence-corrected chi connectivity index (χ3v) is 12.5. The minimum absolute atomic E-state index is 0.0896. The van der Waals surface area contributed by atoms with Crippen molar-refractivity contribution in [2.75, 3.05) is 13.2 Å². The first-order valence-electron chi connectivity index (χ1n) is 29.0. The molecule has 0 bridgehead atoms. The summed E-state index contributed by atoms with van der Waals surface area (Å²) in [6, 6.07) is 0. The molecule has 392 valence electrons. The quantitative estimate of drug-likeness (QED) is 0.0199. The Hall–Kier alpha value is -3.15. The Bertz CT molecular complexity index is 1270. The number of allylic oxidation sites excluding steroid dienone is 12. The summed E-state index contributed by atoms with van der Waals surface area (Å²) in [5.74, 6) is -0.915. The van der Waals surface area contributed by atoms with Gasteiger partial charge in [-0.1, -0.05) is 235 Å². The fourth-order valence-electron chi connectivity index (χ4n) is 8.04. The third kappa shape index (κ3) is 53.8. The average molecular weight is 950 g/mol. The lowest BCUT2D eigenvalue weighted by Crippen LogP contribution is -2.30. The van der Waals surface area contributed by atoms with E-state index in [0.717, 1.165) is 96.3 Å². The highest BCUT2D eigenvalue weighted by Crippen LogP contribution is 2.15. The van der Waals surface area contributed by atoms with E-state index in [0.29, 0.717) is 19.3 Å². The number of rotatable bonds is 52. The molecule has 1 unspecified atom stereocenters. The molecule has 0 spiro atoms. The Morgan fingerprint density at radius 3 is 0.926 bits per heavy atom. The minimum atomic E-state index is -0.792.